The molecule has 1 fully saturated rings. The lowest BCUT2D eigenvalue weighted by atomic mass is 9.83. The van der Waals surface area contributed by atoms with E-state index in [2.05, 4.69) is 46.5 Å². The molecule has 3 aromatic rings. The number of halogens is 1. The van der Waals surface area contributed by atoms with Crippen LogP contribution in [-0.4, -0.2) is 74.4 Å². The second-order valence-electron chi connectivity index (χ2n) is 9.84. The first-order valence-corrected chi connectivity index (χ1v) is 11.9. The normalized spacial score (nSPS) is 16.9. The Bertz CT molecular complexity index is 1170. The van der Waals surface area contributed by atoms with Crippen molar-refractivity contribution in [3.05, 3.63) is 41.3 Å². The minimum atomic E-state index is -0.845. The number of ether oxygens (including phenoxy) is 1. The predicted molar refractivity (Wildman–Crippen MR) is 131 cm³/mol. The molecule has 1 saturated heterocycles. The zero-order valence-electron chi connectivity index (χ0n) is 19.9. The third kappa shape index (κ3) is 5.95. The summed E-state index contributed by atoms with van der Waals surface area (Å²) in [5.41, 5.74) is 2.71. The molecule has 4 rings (SSSR count). The molecular formula is C24H32ClN6O3+. The first-order valence-electron chi connectivity index (χ1n) is 11.5. The maximum atomic E-state index is 11.6. The second kappa shape index (κ2) is 9.76. The number of quaternary nitrogens is 1. The van der Waals surface area contributed by atoms with Crippen molar-refractivity contribution >= 4 is 34.6 Å². The van der Waals surface area contributed by atoms with Crippen LogP contribution in [0.25, 0.3) is 11.0 Å². The lowest BCUT2D eigenvalue weighted by Crippen LogP contribution is -2.56. The topological polar surface area (TPSA) is 102 Å². The number of nitrogens with one attached hydrogen (secondary N) is 1. The van der Waals surface area contributed by atoms with Crippen LogP contribution in [0.4, 0.5) is 5.95 Å². The number of hydrogen-bond acceptors (Lipinski definition) is 6. The van der Waals surface area contributed by atoms with Gasteiger partial charge in [0.2, 0.25) is 11.8 Å². The molecule has 0 bridgehead atoms. The molecule has 182 valence electrons. The Morgan fingerprint density at radius 2 is 2.03 bits per heavy atom. The number of imidazole rings is 1. The molecule has 1 aliphatic heterocycles. The maximum absolute atomic E-state index is 11.6. The molecule has 2 N–H and O–H groups in total. The van der Waals surface area contributed by atoms with Gasteiger partial charge in [-0.1, -0.05) is 17.7 Å². The summed E-state index contributed by atoms with van der Waals surface area (Å²) in [6, 6.07) is 7.86. The van der Waals surface area contributed by atoms with Gasteiger partial charge >= 0.3 is 5.97 Å². The van der Waals surface area contributed by atoms with Gasteiger partial charge in [-0.2, -0.15) is 4.98 Å². The Morgan fingerprint density at radius 1 is 1.26 bits per heavy atom. The third-order valence-electron chi connectivity index (χ3n) is 6.58. The van der Waals surface area contributed by atoms with E-state index in [-0.39, 0.29) is 11.6 Å². The Labute approximate surface area is 204 Å². The molecule has 2 aromatic heterocycles. The van der Waals surface area contributed by atoms with Gasteiger partial charge in [-0.3, -0.25) is 4.79 Å². The van der Waals surface area contributed by atoms with Gasteiger partial charge in [-0.25, -0.2) is 9.97 Å². The van der Waals surface area contributed by atoms with E-state index in [1.165, 1.54) is 5.56 Å². The second-order valence-corrected chi connectivity index (χ2v) is 10.2. The van der Waals surface area contributed by atoms with Gasteiger partial charge in [-0.15, -0.1) is 0 Å². The highest BCUT2D eigenvalue weighted by atomic mass is 35.5. The third-order valence-corrected chi connectivity index (χ3v) is 6.77. The molecule has 0 amide bonds. The van der Waals surface area contributed by atoms with Crippen LogP contribution in [0, 0.1) is 0 Å². The number of aryl methyl sites for hydroxylation is 2. The number of fused-ring (bicyclic) bond motifs is 1. The highest BCUT2D eigenvalue weighted by molar-refractivity contribution is 6.29. The summed E-state index contributed by atoms with van der Waals surface area (Å²) in [4.78, 5) is 24.7. The molecule has 0 radical (unpaired) electrons. The van der Waals surface area contributed by atoms with E-state index in [0.29, 0.717) is 31.3 Å². The number of likely N-dealkylation sites (tertiary alicyclic amines) is 1. The fraction of sp³-hybridized carbons (Fsp3) is 0.500. The van der Waals surface area contributed by atoms with Crippen LogP contribution in [0.15, 0.2) is 30.6 Å². The summed E-state index contributed by atoms with van der Waals surface area (Å²) >= 11 is 6.23. The summed E-state index contributed by atoms with van der Waals surface area (Å²) in [5.74, 6) is -0.165. The van der Waals surface area contributed by atoms with Crippen molar-refractivity contribution in [2.75, 3.05) is 39.1 Å². The maximum Gasteiger partial charge on any atom is 0.305 e. The average molecular weight is 488 g/mol. The van der Waals surface area contributed by atoms with Crippen LogP contribution < -0.4 is 10.1 Å². The number of carbonyl (C=O) groups is 1. The number of carboxylic acids is 1. The van der Waals surface area contributed by atoms with E-state index >= 15 is 0 Å². The largest absolute Gasteiger partial charge is 0.481 e. The lowest BCUT2D eigenvalue weighted by molar-refractivity contribution is -0.896. The molecule has 1 aromatic carbocycles. The number of piperidine rings is 1. The minimum absolute atomic E-state index is 0.0000699. The molecule has 0 aliphatic carbocycles. The number of anilines is 1. The first kappa shape index (κ1) is 24.2. The summed E-state index contributed by atoms with van der Waals surface area (Å²) in [6.07, 6.45) is 4.90. The van der Waals surface area contributed by atoms with Crippen LogP contribution in [0.5, 0.6) is 5.88 Å². The van der Waals surface area contributed by atoms with Gasteiger partial charge in [0.1, 0.15) is 5.15 Å². The van der Waals surface area contributed by atoms with Crippen molar-refractivity contribution in [1.82, 2.24) is 19.5 Å². The van der Waals surface area contributed by atoms with Crippen molar-refractivity contribution in [1.29, 1.82) is 0 Å². The highest BCUT2D eigenvalue weighted by Gasteiger charge is 2.41. The number of aromatic nitrogens is 4. The fourth-order valence-electron chi connectivity index (χ4n) is 4.45. The van der Waals surface area contributed by atoms with Crippen molar-refractivity contribution in [3.63, 3.8) is 0 Å². The van der Waals surface area contributed by atoms with Crippen LogP contribution in [0.3, 0.4) is 0 Å². The molecule has 0 spiro atoms. The van der Waals surface area contributed by atoms with E-state index in [9.17, 15) is 9.90 Å². The van der Waals surface area contributed by atoms with Gasteiger partial charge in [-0.05, 0) is 30.5 Å². The number of hydrogen-bond donors (Lipinski definition) is 2. The van der Waals surface area contributed by atoms with Gasteiger partial charge in [0, 0.05) is 26.0 Å². The SMILES string of the molecule is Cn1cnc2ccc(CCCOc3cc(Cl)nc(NC4(CC(=O)O)CC[N+](C)(C)CC4)n3)cc21. The monoisotopic (exact) mass is 487 g/mol. The van der Waals surface area contributed by atoms with Crippen LogP contribution >= 0.6 is 11.6 Å². The number of nitrogens with zero attached hydrogens (tertiary/aromatic N) is 5. The molecule has 10 heteroatoms. The Hall–Kier alpha value is -2.91. The Balaban J connectivity index is 1.38. The lowest BCUT2D eigenvalue weighted by Gasteiger charge is -2.44. The summed E-state index contributed by atoms with van der Waals surface area (Å²) < 4.78 is 8.74. The zero-order chi connectivity index (χ0) is 24.3. The molecule has 1 aliphatic rings. The van der Waals surface area contributed by atoms with Crippen molar-refractivity contribution in [3.8, 4) is 5.88 Å². The fourth-order valence-corrected chi connectivity index (χ4v) is 4.62. The zero-order valence-corrected chi connectivity index (χ0v) is 20.7. The number of benzene rings is 1. The van der Waals surface area contributed by atoms with Crippen molar-refractivity contribution in [2.45, 2.75) is 37.6 Å². The highest BCUT2D eigenvalue weighted by Crippen LogP contribution is 2.32. The van der Waals surface area contributed by atoms with Gasteiger partial charge in [0.05, 0.1) is 63.1 Å². The van der Waals surface area contributed by atoms with Gasteiger partial charge < -0.3 is 24.2 Å². The average Bonchev–Trinajstić information content (AvgIpc) is 3.13. The van der Waals surface area contributed by atoms with E-state index in [0.717, 1.165) is 41.4 Å². The van der Waals surface area contributed by atoms with E-state index in [4.69, 9.17) is 16.3 Å². The Kier molecular flexibility index (Phi) is 6.95. The van der Waals surface area contributed by atoms with Crippen LogP contribution in [-0.2, 0) is 18.3 Å². The summed E-state index contributed by atoms with van der Waals surface area (Å²) in [5, 5.41) is 13.1. The van der Waals surface area contributed by atoms with Crippen molar-refractivity contribution in [2.24, 2.45) is 7.05 Å². The molecule has 9 nitrogen and oxygen atoms in total. The van der Waals surface area contributed by atoms with E-state index in [1.807, 2.05) is 24.0 Å². The smallest absolute Gasteiger partial charge is 0.305 e. The number of aliphatic carboxylic acids is 1. The van der Waals surface area contributed by atoms with E-state index in [1.54, 1.807) is 6.07 Å². The van der Waals surface area contributed by atoms with E-state index < -0.39 is 11.5 Å². The summed E-state index contributed by atoms with van der Waals surface area (Å²) in [7, 11) is 6.29. The Morgan fingerprint density at radius 3 is 2.76 bits per heavy atom. The molecule has 34 heavy (non-hydrogen) atoms. The number of carboxylic acid groups (broad SMARTS) is 1. The van der Waals surface area contributed by atoms with Crippen LogP contribution in [0.2, 0.25) is 5.15 Å². The molecule has 0 unspecified atom stereocenters. The summed E-state index contributed by atoms with van der Waals surface area (Å²) in [6.45, 7) is 2.21. The molecule has 0 atom stereocenters. The standard InChI is InChI=1S/C24H31ClN6O3/c1-30-16-26-18-7-6-17(13-19(18)30)5-4-12-34-21-14-20(25)27-23(28-21)29-24(15-22(32)33)8-10-31(2,3)11-9-24/h6-7,13-14,16H,4-5,8-12,15H2,1-3H3,(H-,27,28,29,32,33)/p+1. The quantitative estimate of drug-likeness (QED) is 0.270. The van der Waals surface area contributed by atoms with Gasteiger partial charge in [0.15, 0.2) is 0 Å². The predicted octanol–water partition coefficient (Wildman–Crippen LogP) is 3.52. The molecule has 0 saturated carbocycles. The molecular weight excluding hydrogens is 456 g/mol. The number of rotatable bonds is 9. The minimum Gasteiger partial charge on any atom is -0.481 e. The van der Waals surface area contributed by atoms with Crippen LogP contribution in [0.1, 0.15) is 31.2 Å². The first-order chi connectivity index (χ1) is 16.1. The molecule has 3 heterocycles. The van der Waals surface area contributed by atoms with Crippen molar-refractivity contribution < 1.29 is 19.1 Å². The van der Waals surface area contributed by atoms with Gasteiger partial charge in [0.25, 0.3) is 0 Å².